The van der Waals surface area contributed by atoms with E-state index < -0.39 is 6.03 Å². The quantitative estimate of drug-likeness (QED) is 0.847. The monoisotopic (exact) mass is 284 g/mol. The zero-order valence-corrected chi connectivity index (χ0v) is 11.8. The van der Waals surface area contributed by atoms with Gasteiger partial charge in [0.1, 0.15) is 5.75 Å². The molecule has 0 fully saturated rings. The van der Waals surface area contributed by atoms with Crippen LogP contribution in [0, 0.1) is 6.92 Å². The summed E-state index contributed by atoms with van der Waals surface area (Å²) in [5, 5.41) is 2.47. The Bertz CT molecular complexity index is 696. The minimum absolute atomic E-state index is 0.236. The van der Waals surface area contributed by atoms with Crippen LogP contribution in [0.15, 0.2) is 42.5 Å². The predicted octanol–water partition coefficient (Wildman–Crippen LogP) is 2.73. The number of rotatable bonds is 4. The van der Waals surface area contributed by atoms with Gasteiger partial charge in [0.15, 0.2) is 5.78 Å². The lowest BCUT2D eigenvalue weighted by Crippen LogP contribution is -2.21. The molecule has 2 aromatic carbocycles. The number of ketones is 1. The summed E-state index contributed by atoms with van der Waals surface area (Å²) in [5.41, 5.74) is 7.23. The second-order valence-corrected chi connectivity index (χ2v) is 4.57. The topological polar surface area (TPSA) is 81.4 Å². The molecule has 0 saturated carbocycles. The molecule has 0 saturated heterocycles. The first kappa shape index (κ1) is 14.6. The van der Waals surface area contributed by atoms with Crippen LogP contribution in [0.25, 0.3) is 0 Å². The maximum atomic E-state index is 12.7. The maximum absolute atomic E-state index is 12.7. The van der Waals surface area contributed by atoms with E-state index in [2.05, 4.69) is 5.32 Å². The summed E-state index contributed by atoms with van der Waals surface area (Å²) in [6.07, 6.45) is 0. The second kappa shape index (κ2) is 6.09. The Hall–Kier alpha value is -2.82. The van der Waals surface area contributed by atoms with Crippen molar-refractivity contribution in [3.8, 4) is 5.75 Å². The molecule has 0 aliphatic heterocycles. The lowest BCUT2D eigenvalue weighted by Gasteiger charge is -2.12. The van der Waals surface area contributed by atoms with E-state index in [9.17, 15) is 9.59 Å². The number of urea groups is 1. The average Bonchev–Trinajstić information content (AvgIpc) is 2.48. The number of nitrogens with one attached hydrogen (secondary N) is 1. The van der Waals surface area contributed by atoms with E-state index in [1.165, 1.54) is 7.11 Å². The number of carbonyl (C=O) groups excluding carboxylic acids is 2. The summed E-state index contributed by atoms with van der Waals surface area (Å²) in [6.45, 7) is 1.87. The van der Waals surface area contributed by atoms with Crippen molar-refractivity contribution in [3.63, 3.8) is 0 Å². The molecule has 0 radical (unpaired) electrons. The maximum Gasteiger partial charge on any atom is 0.316 e. The number of methoxy groups -OCH3 is 1. The first-order valence-electron chi connectivity index (χ1n) is 6.37. The second-order valence-electron chi connectivity index (χ2n) is 4.57. The molecule has 0 aromatic heterocycles. The van der Waals surface area contributed by atoms with Gasteiger partial charge in [-0.25, -0.2) is 4.79 Å². The Balaban J connectivity index is 2.52. The Morgan fingerprint density at radius 2 is 1.81 bits per heavy atom. The molecule has 5 nitrogen and oxygen atoms in total. The molecule has 2 aromatic rings. The number of primary amides is 1. The van der Waals surface area contributed by atoms with E-state index >= 15 is 0 Å². The third-order valence-corrected chi connectivity index (χ3v) is 3.03. The highest BCUT2D eigenvalue weighted by Gasteiger charge is 2.18. The summed E-state index contributed by atoms with van der Waals surface area (Å²) in [5.74, 6) is 0.244. The highest BCUT2D eigenvalue weighted by atomic mass is 16.5. The van der Waals surface area contributed by atoms with Crippen LogP contribution in [0.5, 0.6) is 5.75 Å². The van der Waals surface area contributed by atoms with Gasteiger partial charge < -0.3 is 15.8 Å². The molecular formula is C16H16N2O3. The van der Waals surface area contributed by atoms with Crippen molar-refractivity contribution in [1.29, 1.82) is 0 Å². The molecule has 108 valence electrons. The molecule has 21 heavy (non-hydrogen) atoms. The Kier molecular flexibility index (Phi) is 4.23. The van der Waals surface area contributed by atoms with Crippen LogP contribution >= 0.6 is 0 Å². The summed E-state index contributed by atoms with van der Waals surface area (Å²) in [7, 11) is 1.50. The average molecular weight is 284 g/mol. The van der Waals surface area contributed by atoms with Crippen LogP contribution in [-0.4, -0.2) is 18.9 Å². The van der Waals surface area contributed by atoms with Gasteiger partial charge >= 0.3 is 6.03 Å². The number of anilines is 1. The van der Waals surface area contributed by atoms with E-state index in [1.54, 1.807) is 42.5 Å². The fourth-order valence-electron chi connectivity index (χ4n) is 2.06. The van der Waals surface area contributed by atoms with Crippen LogP contribution in [0.4, 0.5) is 10.5 Å². The zero-order chi connectivity index (χ0) is 15.4. The van der Waals surface area contributed by atoms with Gasteiger partial charge in [-0.15, -0.1) is 0 Å². The van der Waals surface area contributed by atoms with Crippen LogP contribution in [0.2, 0.25) is 0 Å². The Labute approximate surface area is 122 Å². The van der Waals surface area contributed by atoms with Crippen molar-refractivity contribution in [1.82, 2.24) is 0 Å². The fraction of sp³-hybridized carbons (Fsp3) is 0.125. The molecule has 0 unspecified atom stereocenters. The van der Waals surface area contributed by atoms with Gasteiger partial charge in [0.2, 0.25) is 0 Å². The lowest BCUT2D eigenvalue weighted by atomic mass is 9.99. The zero-order valence-electron chi connectivity index (χ0n) is 11.8. The number of aryl methyl sites for hydroxylation is 1. The van der Waals surface area contributed by atoms with E-state index in [-0.39, 0.29) is 5.78 Å². The standard InChI is InChI=1S/C16H16N2O3/c1-10-7-8-13(18-16(17)20)12(9-10)15(19)11-5-3-4-6-14(11)21-2/h3-9H,1-2H3,(H3,17,18,20). The predicted molar refractivity (Wildman–Crippen MR) is 80.8 cm³/mol. The minimum Gasteiger partial charge on any atom is -0.496 e. The summed E-state index contributed by atoms with van der Waals surface area (Å²) in [6, 6.07) is 11.4. The van der Waals surface area contributed by atoms with Crippen molar-refractivity contribution in [2.24, 2.45) is 5.73 Å². The largest absolute Gasteiger partial charge is 0.496 e. The number of ether oxygens (including phenoxy) is 1. The molecule has 0 spiro atoms. The van der Waals surface area contributed by atoms with Gasteiger partial charge in [-0.05, 0) is 31.2 Å². The molecule has 0 aliphatic rings. The summed E-state index contributed by atoms with van der Waals surface area (Å²) in [4.78, 5) is 23.8. The molecular weight excluding hydrogens is 268 g/mol. The number of amides is 2. The molecule has 0 bridgehead atoms. The molecule has 2 rings (SSSR count). The fourth-order valence-corrected chi connectivity index (χ4v) is 2.06. The number of hydrogen-bond acceptors (Lipinski definition) is 3. The van der Waals surface area contributed by atoms with E-state index in [1.807, 2.05) is 6.92 Å². The summed E-state index contributed by atoms with van der Waals surface area (Å²) >= 11 is 0. The highest BCUT2D eigenvalue weighted by Crippen LogP contribution is 2.26. The van der Waals surface area contributed by atoms with Crippen molar-refractivity contribution >= 4 is 17.5 Å². The molecule has 0 aliphatic carbocycles. The van der Waals surface area contributed by atoms with Gasteiger partial charge in [0.25, 0.3) is 0 Å². The number of benzene rings is 2. The molecule has 3 N–H and O–H groups in total. The molecule has 5 heteroatoms. The Morgan fingerprint density at radius 1 is 1.10 bits per heavy atom. The molecule has 0 heterocycles. The smallest absolute Gasteiger partial charge is 0.316 e. The van der Waals surface area contributed by atoms with E-state index in [0.29, 0.717) is 22.6 Å². The lowest BCUT2D eigenvalue weighted by molar-refractivity contribution is 0.103. The summed E-state index contributed by atoms with van der Waals surface area (Å²) < 4.78 is 5.21. The van der Waals surface area contributed by atoms with Gasteiger partial charge in [0, 0.05) is 5.56 Å². The van der Waals surface area contributed by atoms with Gasteiger partial charge in [-0.1, -0.05) is 23.8 Å². The first-order chi connectivity index (χ1) is 10.0. The normalized spacial score (nSPS) is 10.0. The Morgan fingerprint density at radius 3 is 2.48 bits per heavy atom. The third-order valence-electron chi connectivity index (χ3n) is 3.03. The van der Waals surface area contributed by atoms with Crippen LogP contribution in [0.1, 0.15) is 21.5 Å². The number of carbonyl (C=O) groups is 2. The van der Waals surface area contributed by atoms with Gasteiger partial charge in [-0.2, -0.15) is 0 Å². The van der Waals surface area contributed by atoms with Crippen molar-refractivity contribution in [2.75, 3.05) is 12.4 Å². The van der Waals surface area contributed by atoms with Gasteiger partial charge in [0.05, 0.1) is 18.4 Å². The third kappa shape index (κ3) is 3.20. The highest BCUT2D eigenvalue weighted by molar-refractivity contribution is 6.15. The first-order valence-corrected chi connectivity index (χ1v) is 6.37. The number of hydrogen-bond donors (Lipinski definition) is 2. The van der Waals surface area contributed by atoms with Crippen molar-refractivity contribution in [2.45, 2.75) is 6.92 Å². The van der Waals surface area contributed by atoms with Crippen LogP contribution < -0.4 is 15.8 Å². The number of para-hydroxylation sites is 1. The van der Waals surface area contributed by atoms with Crippen molar-refractivity contribution < 1.29 is 14.3 Å². The van der Waals surface area contributed by atoms with Crippen molar-refractivity contribution in [3.05, 3.63) is 59.2 Å². The molecule has 0 atom stereocenters. The van der Waals surface area contributed by atoms with E-state index in [0.717, 1.165) is 5.56 Å². The van der Waals surface area contributed by atoms with Gasteiger partial charge in [-0.3, -0.25) is 4.79 Å². The van der Waals surface area contributed by atoms with Crippen LogP contribution in [-0.2, 0) is 0 Å². The molecule has 2 amide bonds. The minimum atomic E-state index is -0.715. The SMILES string of the molecule is COc1ccccc1C(=O)c1cc(C)ccc1NC(N)=O. The van der Waals surface area contributed by atoms with Crippen LogP contribution in [0.3, 0.4) is 0 Å². The van der Waals surface area contributed by atoms with E-state index in [4.69, 9.17) is 10.5 Å². The number of nitrogens with two attached hydrogens (primary N) is 1.